The number of rotatable bonds is 3. The van der Waals surface area contributed by atoms with Crippen molar-refractivity contribution >= 4 is 11.7 Å². The van der Waals surface area contributed by atoms with Crippen molar-refractivity contribution < 1.29 is 4.79 Å². The summed E-state index contributed by atoms with van der Waals surface area (Å²) in [4.78, 5) is 17.6. The smallest absolute Gasteiger partial charge is 0.219 e. The molecule has 1 saturated heterocycles. The number of aromatic nitrogens is 4. The van der Waals surface area contributed by atoms with Crippen molar-refractivity contribution in [1.29, 1.82) is 0 Å². The average molecular weight is 300 g/mol. The van der Waals surface area contributed by atoms with Gasteiger partial charge in [0.1, 0.15) is 11.5 Å². The maximum Gasteiger partial charge on any atom is 0.219 e. The van der Waals surface area contributed by atoms with Crippen molar-refractivity contribution in [2.45, 2.75) is 25.8 Å². The Labute approximate surface area is 129 Å². The second-order valence-electron chi connectivity index (χ2n) is 5.61. The summed E-state index contributed by atoms with van der Waals surface area (Å²) in [7, 11) is 1.93. The van der Waals surface area contributed by atoms with Gasteiger partial charge in [0.15, 0.2) is 5.82 Å². The van der Waals surface area contributed by atoms with Crippen LogP contribution in [0.1, 0.15) is 19.8 Å². The Balaban J connectivity index is 1.66. The van der Waals surface area contributed by atoms with E-state index in [-0.39, 0.29) is 11.9 Å². The fourth-order valence-corrected chi connectivity index (χ4v) is 2.73. The van der Waals surface area contributed by atoms with Crippen LogP contribution in [0.4, 0.5) is 5.82 Å². The third-order valence-corrected chi connectivity index (χ3v) is 3.93. The van der Waals surface area contributed by atoms with E-state index in [4.69, 9.17) is 0 Å². The second-order valence-corrected chi connectivity index (χ2v) is 5.61. The summed E-state index contributed by atoms with van der Waals surface area (Å²) in [5.74, 6) is 1.65. The van der Waals surface area contributed by atoms with Gasteiger partial charge in [0.25, 0.3) is 0 Å². The van der Waals surface area contributed by atoms with E-state index in [1.165, 1.54) is 0 Å². The van der Waals surface area contributed by atoms with Crippen LogP contribution in [-0.2, 0) is 11.8 Å². The van der Waals surface area contributed by atoms with Gasteiger partial charge in [0.05, 0.1) is 0 Å². The maximum absolute atomic E-state index is 11.5. The zero-order valence-electron chi connectivity index (χ0n) is 12.9. The van der Waals surface area contributed by atoms with E-state index >= 15 is 0 Å². The number of carbonyl (C=O) groups excluding carboxylic acids is 1. The summed E-state index contributed by atoms with van der Waals surface area (Å²) in [6.07, 6.45) is 5.66. The fourth-order valence-electron chi connectivity index (χ4n) is 2.73. The summed E-state index contributed by atoms with van der Waals surface area (Å²) in [5, 5.41) is 11.8. The highest BCUT2D eigenvalue weighted by Gasteiger charge is 2.21. The molecule has 1 aliphatic rings. The summed E-state index contributed by atoms with van der Waals surface area (Å²) < 4.78 is 1.91. The minimum Gasteiger partial charge on any atom is -0.364 e. The lowest BCUT2D eigenvalue weighted by Crippen LogP contribution is -2.44. The van der Waals surface area contributed by atoms with Crippen LogP contribution >= 0.6 is 0 Å². The van der Waals surface area contributed by atoms with Crippen LogP contribution in [0.25, 0.3) is 11.5 Å². The Morgan fingerprint density at radius 2 is 2.23 bits per heavy atom. The number of nitrogens with one attached hydrogen (secondary N) is 1. The van der Waals surface area contributed by atoms with Gasteiger partial charge in [-0.2, -0.15) is 0 Å². The molecule has 1 atom stereocenters. The van der Waals surface area contributed by atoms with Gasteiger partial charge in [-0.25, -0.2) is 4.98 Å². The van der Waals surface area contributed by atoms with Crippen molar-refractivity contribution in [1.82, 2.24) is 24.6 Å². The largest absolute Gasteiger partial charge is 0.364 e. The van der Waals surface area contributed by atoms with Crippen molar-refractivity contribution in [3.63, 3.8) is 0 Å². The molecule has 0 spiro atoms. The van der Waals surface area contributed by atoms with E-state index in [0.29, 0.717) is 0 Å². The van der Waals surface area contributed by atoms with Gasteiger partial charge < -0.3 is 14.8 Å². The third kappa shape index (κ3) is 3.08. The number of aryl methyl sites for hydroxylation is 1. The molecule has 0 saturated carbocycles. The third-order valence-electron chi connectivity index (χ3n) is 3.93. The van der Waals surface area contributed by atoms with Crippen molar-refractivity contribution in [2.24, 2.45) is 7.05 Å². The lowest BCUT2D eigenvalue weighted by Gasteiger charge is -2.32. The van der Waals surface area contributed by atoms with Gasteiger partial charge in [0.2, 0.25) is 5.91 Å². The molecular formula is C15H20N6O. The van der Waals surface area contributed by atoms with E-state index in [9.17, 15) is 4.79 Å². The monoisotopic (exact) mass is 300 g/mol. The van der Waals surface area contributed by atoms with Crippen LogP contribution in [0.15, 0.2) is 24.5 Å². The fraction of sp³-hybridized carbons (Fsp3) is 0.467. The Bertz CT molecular complexity index is 650. The predicted octanol–water partition coefficient (Wildman–Crippen LogP) is 1.30. The first kappa shape index (κ1) is 14.5. The van der Waals surface area contributed by atoms with Crippen LogP contribution in [0.2, 0.25) is 0 Å². The molecule has 1 N–H and O–H groups in total. The standard InChI is InChI=1S/C15H20N6O/c1-11(22)21-8-3-4-12(10-21)17-14-6-5-13(18-19-14)15-16-7-9-20(15)2/h5-7,9,12H,3-4,8,10H2,1-2H3,(H,17,19). The minimum absolute atomic E-state index is 0.128. The van der Waals surface area contributed by atoms with Crippen molar-refractivity contribution in [3.8, 4) is 11.5 Å². The topological polar surface area (TPSA) is 75.9 Å². The van der Waals surface area contributed by atoms with Gasteiger partial charge in [0, 0.05) is 45.5 Å². The highest BCUT2D eigenvalue weighted by atomic mass is 16.2. The van der Waals surface area contributed by atoms with E-state index < -0.39 is 0 Å². The lowest BCUT2D eigenvalue weighted by molar-refractivity contribution is -0.129. The van der Waals surface area contributed by atoms with Gasteiger partial charge in [-0.15, -0.1) is 10.2 Å². The number of imidazole rings is 1. The molecule has 3 rings (SSSR count). The van der Waals surface area contributed by atoms with Crippen molar-refractivity contribution in [2.75, 3.05) is 18.4 Å². The maximum atomic E-state index is 11.5. The Morgan fingerprint density at radius 1 is 1.36 bits per heavy atom. The van der Waals surface area contributed by atoms with Crippen LogP contribution in [0.3, 0.4) is 0 Å². The minimum atomic E-state index is 0.128. The lowest BCUT2D eigenvalue weighted by atomic mass is 10.1. The molecule has 2 aromatic rings. The molecule has 1 unspecified atom stereocenters. The highest BCUT2D eigenvalue weighted by molar-refractivity contribution is 5.73. The number of amides is 1. The molecule has 22 heavy (non-hydrogen) atoms. The van der Waals surface area contributed by atoms with Gasteiger partial charge in [-0.3, -0.25) is 4.79 Å². The first-order valence-electron chi connectivity index (χ1n) is 7.47. The van der Waals surface area contributed by atoms with Crippen LogP contribution < -0.4 is 5.32 Å². The molecule has 0 aromatic carbocycles. The van der Waals surface area contributed by atoms with E-state index in [1.807, 2.05) is 34.8 Å². The Morgan fingerprint density at radius 3 is 2.86 bits per heavy atom. The van der Waals surface area contributed by atoms with Crippen LogP contribution in [0, 0.1) is 0 Å². The number of hydrogen-bond acceptors (Lipinski definition) is 5. The van der Waals surface area contributed by atoms with Crippen molar-refractivity contribution in [3.05, 3.63) is 24.5 Å². The molecule has 1 aliphatic heterocycles. The molecule has 0 aliphatic carbocycles. The van der Waals surface area contributed by atoms with Crippen LogP contribution in [-0.4, -0.2) is 49.7 Å². The zero-order chi connectivity index (χ0) is 15.5. The summed E-state index contributed by atoms with van der Waals surface area (Å²) in [6, 6.07) is 4.04. The van der Waals surface area contributed by atoms with E-state index in [1.54, 1.807) is 13.1 Å². The average Bonchev–Trinajstić information content (AvgIpc) is 2.94. The predicted molar refractivity (Wildman–Crippen MR) is 83.1 cm³/mol. The first-order valence-corrected chi connectivity index (χ1v) is 7.47. The molecule has 0 radical (unpaired) electrons. The number of hydrogen-bond donors (Lipinski definition) is 1. The van der Waals surface area contributed by atoms with Gasteiger partial charge in [-0.05, 0) is 25.0 Å². The molecule has 0 bridgehead atoms. The number of piperidine rings is 1. The quantitative estimate of drug-likeness (QED) is 0.924. The Hall–Kier alpha value is -2.44. The van der Waals surface area contributed by atoms with Gasteiger partial charge >= 0.3 is 0 Å². The number of nitrogens with zero attached hydrogens (tertiary/aromatic N) is 5. The Kier molecular flexibility index (Phi) is 4.04. The normalized spacial score (nSPS) is 18.3. The van der Waals surface area contributed by atoms with Gasteiger partial charge in [-0.1, -0.05) is 0 Å². The number of anilines is 1. The molecule has 7 heteroatoms. The molecular weight excluding hydrogens is 280 g/mol. The zero-order valence-corrected chi connectivity index (χ0v) is 12.9. The molecule has 2 aromatic heterocycles. The summed E-state index contributed by atoms with van der Waals surface area (Å²) >= 11 is 0. The van der Waals surface area contributed by atoms with Crippen LogP contribution in [0.5, 0.6) is 0 Å². The first-order chi connectivity index (χ1) is 10.6. The number of carbonyl (C=O) groups is 1. The molecule has 1 fully saturated rings. The summed E-state index contributed by atoms with van der Waals surface area (Å²) in [6.45, 7) is 3.18. The number of likely N-dealkylation sites (tertiary alicyclic amines) is 1. The molecule has 7 nitrogen and oxygen atoms in total. The summed E-state index contributed by atoms with van der Waals surface area (Å²) in [5.41, 5.74) is 0.743. The highest BCUT2D eigenvalue weighted by Crippen LogP contribution is 2.17. The van der Waals surface area contributed by atoms with E-state index in [0.717, 1.165) is 43.3 Å². The molecule has 116 valence electrons. The molecule has 3 heterocycles. The molecule has 1 amide bonds. The van der Waals surface area contributed by atoms with E-state index in [2.05, 4.69) is 20.5 Å². The second kappa shape index (κ2) is 6.13. The SMILES string of the molecule is CC(=O)N1CCCC(Nc2ccc(-c3nccn3C)nn2)C1.